The van der Waals surface area contributed by atoms with Crippen molar-refractivity contribution in [3.63, 3.8) is 0 Å². The van der Waals surface area contributed by atoms with Crippen LogP contribution < -0.4 is 5.32 Å². The summed E-state index contributed by atoms with van der Waals surface area (Å²) in [5.41, 5.74) is 0.606. The molecule has 8 heteroatoms. The molecule has 7 nitrogen and oxygen atoms in total. The van der Waals surface area contributed by atoms with E-state index in [0.29, 0.717) is 43.5 Å². The van der Waals surface area contributed by atoms with Crippen LogP contribution in [-0.4, -0.2) is 66.6 Å². The number of ether oxygens (including phenoxy) is 1. The second-order valence-electron chi connectivity index (χ2n) is 7.13. The molecule has 1 N–H and O–H groups in total. The third kappa shape index (κ3) is 4.45. The first-order valence-corrected chi connectivity index (χ1v) is 9.33. The minimum atomic E-state index is -0.131. The smallest absolute Gasteiger partial charge is 0.321 e. The predicted octanol–water partition coefficient (Wildman–Crippen LogP) is 2.62. The Morgan fingerprint density at radius 3 is 2.96 bits per heavy atom. The number of amides is 3. The molecule has 0 unspecified atom stereocenters. The van der Waals surface area contributed by atoms with Crippen molar-refractivity contribution < 1.29 is 14.3 Å². The van der Waals surface area contributed by atoms with Gasteiger partial charge in [0.2, 0.25) is 5.91 Å². The van der Waals surface area contributed by atoms with Crippen molar-refractivity contribution >= 4 is 29.2 Å². The number of pyridine rings is 1. The average molecular weight is 381 g/mol. The summed E-state index contributed by atoms with van der Waals surface area (Å²) in [6.07, 6.45) is 4.90. The van der Waals surface area contributed by atoms with Crippen LogP contribution >= 0.6 is 11.6 Å². The second kappa shape index (κ2) is 8.22. The predicted molar refractivity (Wildman–Crippen MR) is 99.2 cm³/mol. The zero-order valence-electron chi connectivity index (χ0n) is 15.0. The number of aromatic nitrogens is 1. The van der Waals surface area contributed by atoms with Crippen molar-refractivity contribution in [2.45, 2.75) is 25.7 Å². The molecule has 3 heterocycles. The van der Waals surface area contributed by atoms with Gasteiger partial charge in [-0.3, -0.25) is 4.79 Å². The second-order valence-corrected chi connectivity index (χ2v) is 7.52. The van der Waals surface area contributed by atoms with E-state index < -0.39 is 0 Å². The topological polar surface area (TPSA) is 74.8 Å². The van der Waals surface area contributed by atoms with Crippen LogP contribution in [0.1, 0.15) is 25.7 Å². The van der Waals surface area contributed by atoms with Gasteiger partial charge in [-0.25, -0.2) is 9.78 Å². The molecule has 0 aromatic carbocycles. The maximum absolute atomic E-state index is 12.6. The number of nitrogens with zero attached hydrogens (tertiary/aromatic N) is 3. The number of anilines is 1. The van der Waals surface area contributed by atoms with E-state index in [1.165, 1.54) is 0 Å². The number of methoxy groups -OCH3 is 1. The standard InChI is InChI=1S/C18H25ClN4O3/c1-26-10-9-22-12-18(7-5-16(22)24)6-2-8-23(13-18)17(25)21-14-3-4-15(19)20-11-14/h3-4,11H,2,5-10,12-13H2,1H3,(H,21,25)/t18-/m1/s1. The molecule has 3 amide bonds. The van der Waals surface area contributed by atoms with Crippen LogP contribution in [0.5, 0.6) is 0 Å². The van der Waals surface area contributed by atoms with E-state index in [-0.39, 0.29) is 17.4 Å². The van der Waals surface area contributed by atoms with Crippen LogP contribution in [0.15, 0.2) is 18.3 Å². The molecule has 1 atom stereocenters. The van der Waals surface area contributed by atoms with Crippen LogP contribution in [0.25, 0.3) is 0 Å². The molecule has 2 aliphatic heterocycles. The van der Waals surface area contributed by atoms with Gasteiger partial charge in [-0.2, -0.15) is 0 Å². The maximum atomic E-state index is 12.6. The number of nitrogens with one attached hydrogen (secondary N) is 1. The molecular formula is C18H25ClN4O3. The number of piperidine rings is 2. The molecule has 1 aromatic heterocycles. The van der Waals surface area contributed by atoms with Crippen LogP contribution in [0.2, 0.25) is 5.15 Å². The Morgan fingerprint density at radius 2 is 2.23 bits per heavy atom. The quantitative estimate of drug-likeness (QED) is 0.815. The third-order valence-corrected chi connectivity index (χ3v) is 5.46. The highest BCUT2D eigenvalue weighted by molar-refractivity contribution is 6.29. The van der Waals surface area contributed by atoms with Gasteiger partial charge in [0, 0.05) is 45.1 Å². The van der Waals surface area contributed by atoms with Gasteiger partial charge in [-0.05, 0) is 31.4 Å². The molecule has 1 spiro atoms. The third-order valence-electron chi connectivity index (χ3n) is 5.24. The number of likely N-dealkylation sites (tertiary alicyclic amines) is 2. The summed E-state index contributed by atoms with van der Waals surface area (Å²) < 4.78 is 5.12. The zero-order chi connectivity index (χ0) is 18.6. The van der Waals surface area contributed by atoms with Crippen LogP contribution in [0, 0.1) is 5.41 Å². The number of rotatable bonds is 4. The van der Waals surface area contributed by atoms with Gasteiger partial charge in [-0.1, -0.05) is 11.6 Å². The molecule has 26 heavy (non-hydrogen) atoms. The normalized spacial score (nSPS) is 23.4. The van der Waals surface area contributed by atoms with Crippen LogP contribution in [0.4, 0.5) is 10.5 Å². The van der Waals surface area contributed by atoms with Crippen molar-refractivity contribution in [3.8, 4) is 0 Å². The van der Waals surface area contributed by atoms with Gasteiger partial charge in [0.1, 0.15) is 5.15 Å². The number of urea groups is 1. The Morgan fingerprint density at radius 1 is 1.38 bits per heavy atom. The summed E-state index contributed by atoms with van der Waals surface area (Å²) >= 11 is 5.78. The van der Waals surface area contributed by atoms with E-state index in [1.807, 2.05) is 9.80 Å². The molecule has 2 saturated heterocycles. The minimum Gasteiger partial charge on any atom is -0.383 e. The number of hydrogen-bond acceptors (Lipinski definition) is 4. The van der Waals surface area contributed by atoms with Crippen LogP contribution in [0.3, 0.4) is 0 Å². The van der Waals surface area contributed by atoms with E-state index >= 15 is 0 Å². The average Bonchev–Trinajstić information content (AvgIpc) is 2.65. The van der Waals surface area contributed by atoms with Crippen molar-refractivity contribution in [2.24, 2.45) is 5.41 Å². The summed E-state index contributed by atoms with van der Waals surface area (Å²) in [5.74, 6) is 0.182. The van der Waals surface area contributed by atoms with E-state index in [9.17, 15) is 9.59 Å². The number of halogens is 1. The SMILES string of the molecule is COCCN1C[C@@]2(CCCN(C(=O)Nc3ccc(Cl)nc3)C2)CCC1=O. The summed E-state index contributed by atoms with van der Waals surface area (Å²) in [7, 11) is 1.64. The zero-order valence-corrected chi connectivity index (χ0v) is 15.8. The number of hydrogen-bond donors (Lipinski definition) is 1. The van der Waals surface area contributed by atoms with E-state index in [1.54, 1.807) is 25.4 Å². The van der Waals surface area contributed by atoms with Crippen molar-refractivity contribution in [1.29, 1.82) is 0 Å². The molecule has 3 rings (SSSR count). The molecule has 0 bridgehead atoms. The fraction of sp³-hybridized carbons (Fsp3) is 0.611. The monoisotopic (exact) mass is 380 g/mol. The summed E-state index contributed by atoms with van der Waals surface area (Å²) in [6, 6.07) is 3.25. The highest BCUT2D eigenvalue weighted by atomic mass is 35.5. The summed E-state index contributed by atoms with van der Waals surface area (Å²) in [6.45, 7) is 3.23. The first kappa shape index (κ1) is 18.9. The number of carbonyl (C=O) groups excluding carboxylic acids is 2. The van der Waals surface area contributed by atoms with Gasteiger partial charge in [0.25, 0.3) is 0 Å². The lowest BCUT2D eigenvalue weighted by Crippen LogP contribution is -2.56. The lowest BCUT2D eigenvalue weighted by Gasteiger charge is -2.48. The highest BCUT2D eigenvalue weighted by Crippen LogP contribution is 2.39. The highest BCUT2D eigenvalue weighted by Gasteiger charge is 2.42. The van der Waals surface area contributed by atoms with Crippen molar-refractivity contribution in [2.75, 3.05) is 45.2 Å². The Balaban J connectivity index is 1.63. The van der Waals surface area contributed by atoms with Crippen LogP contribution in [-0.2, 0) is 9.53 Å². The fourth-order valence-electron chi connectivity index (χ4n) is 3.87. The lowest BCUT2D eigenvalue weighted by molar-refractivity contribution is -0.139. The Kier molecular flexibility index (Phi) is 5.98. The molecular weight excluding hydrogens is 356 g/mol. The summed E-state index contributed by atoms with van der Waals surface area (Å²) in [4.78, 5) is 32.5. The Labute approximate surface area is 158 Å². The fourth-order valence-corrected chi connectivity index (χ4v) is 3.99. The lowest BCUT2D eigenvalue weighted by atomic mass is 9.73. The first-order valence-electron chi connectivity index (χ1n) is 8.96. The molecule has 2 aliphatic rings. The Hall–Kier alpha value is -1.86. The van der Waals surface area contributed by atoms with Gasteiger partial charge in [0.15, 0.2) is 0 Å². The van der Waals surface area contributed by atoms with E-state index in [2.05, 4.69) is 10.3 Å². The molecule has 0 saturated carbocycles. The van der Waals surface area contributed by atoms with E-state index in [0.717, 1.165) is 25.8 Å². The minimum absolute atomic E-state index is 0.0184. The van der Waals surface area contributed by atoms with Gasteiger partial charge in [0.05, 0.1) is 18.5 Å². The van der Waals surface area contributed by atoms with Crippen molar-refractivity contribution in [1.82, 2.24) is 14.8 Å². The maximum Gasteiger partial charge on any atom is 0.321 e. The molecule has 0 aliphatic carbocycles. The molecule has 142 valence electrons. The molecule has 2 fully saturated rings. The van der Waals surface area contributed by atoms with Gasteiger partial charge >= 0.3 is 6.03 Å². The summed E-state index contributed by atoms with van der Waals surface area (Å²) in [5, 5.41) is 3.27. The number of carbonyl (C=O) groups is 2. The van der Waals surface area contributed by atoms with E-state index in [4.69, 9.17) is 16.3 Å². The van der Waals surface area contributed by atoms with Crippen molar-refractivity contribution in [3.05, 3.63) is 23.5 Å². The van der Waals surface area contributed by atoms with Gasteiger partial charge < -0.3 is 19.9 Å². The first-order chi connectivity index (χ1) is 12.5. The van der Waals surface area contributed by atoms with Gasteiger partial charge in [-0.15, -0.1) is 0 Å². The molecule has 0 radical (unpaired) electrons. The Bertz CT molecular complexity index is 654. The largest absolute Gasteiger partial charge is 0.383 e. The molecule has 1 aromatic rings.